The van der Waals surface area contributed by atoms with E-state index in [1.807, 2.05) is 53.2 Å². The highest BCUT2D eigenvalue weighted by atomic mass is 32.1. The first-order valence-electron chi connectivity index (χ1n) is 9.53. The second-order valence-corrected chi connectivity index (χ2v) is 7.88. The maximum atomic E-state index is 12.7. The molecule has 2 heterocycles. The van der Waals surface area contributed by atoms with Crippen LogP contribution in [0.3, 0.4) is 0 Å². The fraction of sp³-hybridized carbons (Fsp3) is 0.217. The van der Waals surface area contributed by atoms with Gasteiger partial charge in [-0.25, -0.2) is 0 Å². The number of amides is 1. The van der Waals surface area contributed by atoms with Crippen LogP contribution in [0.25, 0.3) is 10.9 Å². The molecule has 0 saturated carbocycles. The molecule has 5 heteroatoms. The molecule has 1 amide bonds. The number of aryl methyl sites for hydroxylation is 2. The van der Waals surface area contributed by atoms with Crippen molar-refractivity contribution in [2.45, 2.75) is 26.3 Å². The van der Waals surface area contributed by atoms with Crippen LogP contribution in [0.5, 0.6) is 0 Å². The van der Waals surface area contributed by atoms with Crippen molar-refractivity contribution in [2.75, 3.05) is 6.54 Å². The average molecular weight is 390 g/mol. The summed E-state index contributed by atoms with van der Waals surface area (Å²) in [5.74, 6) is -0.00509. The Labute approximate surface area is 168 Å². The molecule has 0 aliphatic heterocycles. The molecule has 0 bridgehead atoms. The van der Waals surface area contributed by atoms with Crippen molar-refractivity contribution in [1.82, 2.24) is 15.1 Å². The monoisotopic (exact) mass is 389 g/mol. The normalized spacial score (nSPS) is 11.0. The van der Waals surface area contributed by atoms with Gasteiger partial charge in [0.05, 0.1) is 5.52 Å². The number of thiophene rings is 1. The van der Waals surface area contributed by atoms with E-state index in [9.17, 15) is 4.79 Å². The first-order valence-corrected chi connectivity index (χ1v) is 10.4. The van der Waals surface area contributed by atoms with Gasteiger partial charge in [0.1, 0.15) is 0 Å². The highest BCUT2D eigenvalue weighted by Crippen LogP contribution is 2.19. The van der Waals surface area contributed by atoms with Crippen molar-refractivity contribution >= 4 is 28.1 Å². The summed E-state index contributed by atoms with van der Waals surface area (Å²) in [5, 5.41) is 11.0. The summed E-state index contributed by atoms with van der Waals surface area (Å²) < 4.78 is 2.03. The lowest BCUT2D eigenvalue weighted by Crippen LogP contribution is -2.26. The van der Waals surface area contributed by atoms with Crippen LogP contribution in [-0.2, 0) is 13.0 Å². The zero-order valence-corrected chi connectivity index (χ0v) is 16.7. The van der Waals surface area contributed by atoms with Crippen LogP contribution in [0.15, 0.2) is 66.0 Å². The number of benzene rings is 2. The maximum Gasteiger partial charge on any atom is 0.251 e. The third-order valence-electron chi connectivity index (χ3n) is 4.95. The lowest BCUT2D eigenvalue weighted by molar-refractivity contribution is 0.0952. The molecule has 4 rings (SSSR count). The van der Waals surface area contributed by atoms with Gasteiger partial charge in [0.25, 0.3) is 5.91 Å². The third kappa shape index (κ3) is 3.99. The summed E-state index contributed by atoms with van der Waals surface area (Å²) >= 11 is 1.72. The van der Waals surface area contributed by atoms with E-state index < -0.39 is 0 Å². The number of carbonyl (C=O) groups is 1. The molecule has 0 aliphatic rings. The van der Waals surface area contributed by atoms with Crippen molar-refractivity contribution in [3.05, 3.63) is 87.7 Å². The Kier molecular flexibility index (Phi) is 5.53. The first kappa shape index (κ1) is 18.4. The van der Waals surface area contributed by atoms with Crippen LogP contribution >= 0.6 is 11.3 Å². The van der Waals surface area contributed by atoms with Crippen molar-refractivity contribution < 1.29 is 4.79 Å². The number of carbonyl (C=O) groups excluding carboxylic acids is 1. The Morgan fingerprint density at radius 2 is 1.89 bits per heavy atom. The number of hydrogen-bond acceptors (Lipinski definition) is 3. The molecule has 28 heavy (non-hydrogen) atoms. The number of hydrogen-bond donors (Lipinski definition) is 1. The molecule has 2 aromatic carbocycles. The van der Waals surface area contributed by atoms with Crippen LogP contribution < -0.4 is 5.32 Å². The lowest BCUT2D eigenvalue weighted by Gasteiger charge is -2.10. The molecule has 0 saturated heterocycles. The van der Waals surface area contributed by atoms with Gasteiger partial charge < -0.3 is 5.32 Å². The molecule has 0 radical (unpaired) electrons. The predicted molar refractivity (Wildman–Crippen MR) is 115 cm³/mol. The van der Waals surface area contributed by atoms with E-state index in [4.69, 9.17) is 0 Å². The minimum atomic E-state index is -0.00509. The maximum absolute atomic E-state index is 12.7. The molecule has 2 aromatic heterocycles. The second-order valence-electron chi connectivity index (χ2n) is 6.85. The van der Waals surface area contributed by atoms with E-state index in [0.717, 1.165) is 36.0 Å². The van der Waals surface area contributed by atoms with E-state index in [-0.39, 0.29) is 5.91 Å². The summed E-state index contributed by atoms with van der Waals surface area (Å²) in [6.45, 7) is 3.51. The largest absolute Gasteiger partial charge is 0.352 e. The zero-order valence-electron chi connectivity index (χ0n) is 15.9. The molecular formula is C23H23N3OS. The Morgan fingerprint density at radius 3 is 2.71 bits per heavy atom. The summed E-state index contributed by atoms with van der Waals surface area (Å²) in [4.78, 5) is 13.9. The molecule has 0 aliphatic carbocycles. The number of rotatable bonds is 7. The lowest BCUT2D eigenvalue weighted by atomic mass is 10.0. The van der Waals surface area contributed by atoms with Crippen LogP contribution in [0, 0.1) is 6.92 Å². The zero-order chi connectivity index (χ0) is 19.3. The summed E-state index contributed by atoms with van der Waals surface area (Å²) in [6, 6.07) is 20.2. The highest BCUT2D eigenvalue weighted by Gasteiger charge is 2.11. The number of aromatic nitrogens is 2. The fourth-order valence-electron chi connectivity index (χ4n) is 3.45. The minimum Gasteiger partial charge on any atom is -0.352 e. The third-order valence-corrected chi connectivity index (χ3v) is 5.82. The van der Waals surface area contributed by atoms with E-state index in [0.29, 0.717) is 6.54 Å². The van der Waals surface area contributed by atoms with Gasteiger partial charge in [-0.1, -0.05) is 42.5 Å². The van der Waals surface area contributed by atoms with Gasteiger partial charge >= 0.3 is 0 Å². The van der Waals surface area contributed by atoms with Crippen molar-refractivity contribution in [2.24, 2.45) is 0 Å². The smallest absolute Gasteiger partial charge is 0.251 e. The van der Waals surface area contributed by atoms with Gasteiger partial charge in [0.15, 0.2) is 0 Å². The van der Waals surface area contributed by atoms with Gasteiger partial charge in [0, 0.05) is 41.0 Å². The second kappa shape index (κ2) is 8.40. The average Bonchev–Trinajstić information content (AvgIpc) is 3.34. The van der Waals surface area contributed by atoms with E-state index in [2.05, 4.69) is 34.9 Å². The molecule has 0 spiro atoms. The highest BCUT2D eigenvalue weighted by molar-refractivity contribution is 7.09. The molecular weight excluding hydrogens is 366 g/mol. The molecule has 1 N–H and O–H groups in total. The Bertz CT molecular complexity index is 1080. The van der Waals surface area contributed by atoms with Crippen molar-refractivity contribution in [3.63, 3.8) is 0 Å². The molecule has 0 fully saturated rings. The minimum absolute atomic E-state index is 0.00509. The summed E-state index contributed by atoms with van der Waals surface area (Å²) in [5.41, 5.74) is 4.02. The summed E-state index contributed by atoms with van der Waals surface area (Å²) in [6.07, 6.45) is 1.63. The topological polar surface area (TPSA) is 46.9 Å². The molecule has 0 unspecified atom stereocenters. The first-order chi connectivity index (χ1) is 13.7. The van der Waals surface area contributed by atoms with Gasteiger partial charge in [-0.05, 0) is 42.5 Å². The Hall–Kier alpha value is -2.92. The van der Waals surface area contributed by atoms with E-state index in [1.54, 1.807) is 11.3 Å². The van der Waals surface area contributed by atoms with Gasteiger partial charge in [-0.3, -0.25) is 9.48 Å². The Balaban J connectivity index is 1.35. The fourth-order valence-corrected chi connectivity index (χ4v) is 4.18. The van der Waals surface area contributed by atoms with Crippen molar-refractivity contribution in [3.8, 4) is 0 Å². The van der Waals surface area contributed by atoms with Gasteiger partial charge in [-0.2, -0.15) is 5.10 Å². The van der Waals surface area contributed by atoms with Gasteiger partial charge in [-0.15, -0.1) is 11.3 Å². The molecule has 4 nitrogen and oxygen atoms in total. The molecule has 0 atom stereocenters. The van der Waals surface area contributed by atoms with E-state index >= 15 is 0 Å². The van der Waals surface area contributed by atoms with Crippen LogP contribution in [0.1, 0.15) is 32.9 Å². The quantitative estimate of drug-likeness (QED) is 0.461. The van der Waals surface area contributed by atoms with Gasteiger partial charge in [0.2, 0.25) is 0 Å². The Morgan fingerprint density at radius 1 is 1.07 bits per heavy atom. The van der Waals surface area contributed by atoms with E-state index in [1.165, 1.54) is 16.0 Å². The van der Waals surface area contributed by atoms with Crippen molar-refractivity contribution in [1.29, 1.82) is 0 Å². The predicted octanol–water partition coefficient (Wildman–Crippen LogP) is 4.82. The van der Waals surface area contributed by atoms with Crippen LogP contribution in [-0.4, -0.2) is 22.2 Å². The number of nitrogens with zero attached hydrogens (tertiary/aromatic N) is 2. The van der Waals surface area contributed by atoms with Crippen LogP contribution in [0.4, 0.5) is 0 Å². The number of fused-ring (bicyclic) bond motifs is 1. The number of nitrogens with one attached hydrogen (secondary N) is 1. The van der Waals surface area contributed by atoms with Crippen LogP contribution in [0.2, 0.25) is 0 Å². The SMILES string of the molecule is Cc1c2ccccc2nn1CCCNC(=O)c1ccccc1Cc1cccs1. The summed E-state index contributed by atoms with van der Waals surface area (Å²) in [7, 11) is 0. The molecule has 142 valence electrons. The standard InChI is InChI=1S/C23H23N3OS/c1-17-20-10-4-5-12-22(20)25-26(17)14-7-13-24-23(27)21-11-3-2-8-18(21)16-19-9-6-15-28-19/h2-6,8-12,15H,7,13-14,16H2,1H3,(H,24,27). The molecule has 4 aromatic rings.